The first kappa shape index (κ1) is 23.1. The Balaban J connectivity index is 1.19. The van der Waals surface area contributed by atoms with E-state index in [1.54, 1.807) is 18.9 Å². The van der Waals surface area contributed by atoms with Gasteiger partial charge in [-0.2, -0.15) is 0 Å². The van der Waals surface area contributed by atoms with Gasteiger partial charge in [0.15, 0.2) is 0 Å². The zero-order valence-corrected chi connectivity index (χ0v) is 20.5. The number of nitrogens with zero attached hydrogens (tertiary/aromatic N) is 1. The molecule has 3 fully saturated rings. The Hall–Kier alpha value is -3.30. The summed E-state index contributed by atoms with van der Waals surface area (Å²) in [6, 6.07) is 16.0. The summed E-state index contributed by atoms with van der Waals surface area (Å²) in [6.45, 7) is 0.728. The molecular formula is C27H26N2O6S. The molecule has 3 heterocycles. The first-order valence-corrected chi connectivity index (χ1v) is 13.0. The first-order chi connectivity index (χ1) is 17.5. The molecule has 9 heteroatoms. The van der Waals surface area contributed by atoms with Crippen molar-refractivity contribution < 1.29 is 28.6 Å². The Morgan fingerprint density at radius 2 is 1.89 bits per heavy atom. The lowest BCUT2D eigenvalue weighted by molar-refractivity contribution is -0.154. The molecule has 0 aromatic heterocycles. The van der Waals surface area contributed by atoms with Crippen LogP contribution in [0.15, 0.2) is 65.9 Å². The minimum atomic E-state index is -0.683. The highest BCUT2D eigenvalue weighted by Gasteiger charge is 2.64. The van der Waals surface area contributed by atoms with Crippen LogP contribution in [0, 0.1) is 5.92 Å². The number of benzene rings is 2. The molecule has 36 heavy (non-hydrogen) atoms. The van der Waals surface area contributed by atoms with E-state index in [4.69, 9.17) is 14.2 Å². The van der Waals surface area contributed by atoms with E-state index in [1.165, 1.54) is 4.90 Å². The Kier molecular flexibility index (Phi) is 5.97. The molecule has 2 amide bonds. The van der Waals surface area contributed by atoms with Crippen molar-refractivity contribution in [3.05, 3.63) is 77.0 Å². The standard InChI is InChI=1S/C27H26N2O6S/c1-33-17-9-7-16(8-10-17)14-35-27(32)22-20-18-11-12-34-23(18)24(20)36-26-21(25(31)29(22)26)28-19(30)13-15-5-3-2-4-6-15/h2-10,18,21,23-24,26H,11-14H2,1H3,(H,28,30)/t18-,21+,23-,24+,26+/m0/s1. The zero-order chi connectivity index (χ0) is 24.8. The number of thioether (sulfide) groups is 1. The van der Waals surface area contributed by atoms with Crippen molar-refractivity contribution in [3.63, 3.8) is 0 Å². The summed E-state index contributed by atoms with van der Waals surface area (Å²) in [5.74, 6) is -0.158. The van der Waals surface area contributed by atoms with Gasteiger partial charge in [-0.1, -0.05) is 42.5 Å². The van der Waals surface area contributed by atoms with Gasteiger partial charge in [-0.15, -0.1) is 11.8 Å². The second-order valence-corrected chi connectivity index (χ2v) is 10.6. The molecule has 0 bridgehead atoms. The normalized spacial score (nSPS) is 27.8. The smallest absolute Gasteiger partial charge is 0.355 e. The molecule has 4 aliphatic rings. The van der Waals surface area contributed by atoms with Crippen LogP contribution in [0.2, 0.25) is 0 Å². The number of β-lactam (4-membered cyclic amide) rings is 1. The highest BCUT2D eigenvalue weighted by atomic mass is 32.2. The molecule has 1 saturated carbocycles. The summed E-state index contributed by atoms with van der Waals surface area (Å²) in [6.07, 6.45) is 1.06. The van der Waals surface area contributed by atoms with Crippen LogP contribution in [0.25, 0.3) is 0 Å². The summed E-state index contributed by atoms with van der Waals surface area (Å²) in [4.78, 5) is 40.8. The minimum absolute atomic E-state index is 0.0103. The number of esters is 1. The van der Waals surface area contributed by atoms with Crippen LogP contribution in [0.1, 0.15) is 17.5 Å². The van der Waals surface area contributed by atoms with E-state index in [9.17, 15) is 14.4 Å². The highest BCUT2D eigenvalue weighted by molar-refractivity contribution is 8.01. The van der Waals surface area contributed by atoms with E-state index in [1.807, 2.05) is 54.6 Å². The quantitative estimate of drug-likeness (QED) is 0.455. The van der Waals surface area contributed by atoms with Crippen molar-refractivity contribution in [2.75, 3.05) is 13.7 Å². The third-order valence-corrected chi connectivity index (χ3v) is 8.81. The second-order valence-electron chi connectivity index (χ2n) is 9.32. The lowest BCUT2D eigenvalue weighted by Gasteiger charge is -2.57. The fourth-order valence-corrected chi connectivity index (χ4v) is 7.23. The Labute approximate surface area is 213 Å². The van der Waals surface area contributed by atoms with Gasteiger partial charge < -0.3 is 19.5 Å². The predicted octanol–water partition coefficient (Wildman–Crippen LogP) is 2.42. The SMILES string of the molecule is COc1ccc(COC(=O)C2=C3[C@@H](S[C@@H]4[C@H](NC(=O)Cc5ccccc5)C(=O)N24)[C@H]2OCC[C@@H]32)cc1. The fourth-order valence-electron chi connectivity index (χ4n) is 5.40. The lowest BCUT2D eigenvalue weighted by Crippen LogP contribution is -2.73. The van der Waals surface area contributed by atoms with Crippen LogP contribution < -0.4 is 10.1 Å². The number of carbonyl (C=O) groups excluding carboxylic acids is 3. The number of methoxy groups -OCH3 is 1. The van der Waals surface area contributed by atoms with E-state index in [-0.39, 0.29) is 47.5 Å². The molecule has 0 spiro atoms. The van der Waals surface area contributed by atoms with Crippen LogP contribution in [-0.4, -0.2) is 59.2 Å². The lowest BCUT2D eigenvalue weighted by atomic mass is 9.73. The van der Waals surface area contributed by atoms with Gasteiger partial charge in [0.1, 0.15) is 29.5 Å². The third kappa shape index (κ3) is 3.87. The van der Waals surface area contributed by atoms with Gasteiger partial charge in [0.2, 0.25) is 5.91 Å². The van der Waals surface area contributed by atoms with E-state index in [0.29, 0.717) is 12.3 Å². The van der Waals surface area contributed by atoms with Crippen LogP contribution in [0.4, 0.5) is 0 Å². The Morgan fingerprint density at radius 1 is 1.11 bits per heavy atom. The molecule has 8 nitrogen and oxygen atoms in total. The van der Waals surface area contributed by atoms with Gasteiger partial charge in [-0.25, -0.2) is 4.79 Å². The van der Waals surface area contributed by atoms with Gasteiger partial charge in [0, 0.05) is 12.5 Å². The number of amides is 2. The maximum atomic E-state index is 13.3. The Bertz CT molecular complexity index is 1230. The maximum Gasteiger partial charge on any atom is 0.355 e. The average molecular weight is 507 g/mol. The van der Waals surface area contributed by atoms with Gasteiger partial charge in [-0.3, -0.25) is 14.5 Å². The summed E-state index contributed by atoms with van der Waals surface area (Å²) in [5, 5.41) is 2.51. The second kappa shape index (κ2) is 9.29. The zero-order valence-electron chi connectivity index (χ0n) is 19.7. The summed E-state index contributed by atoms with van der Waals surface area (Å²) in [5.41, 5.74) is 2.98. The molecule has 1 aliphatic carbocycles. The van der Waals surface area contributed by atoms with Crippen LogP contribution >= 0.6 is 11.8 Å². The number of rotatable bonds is 7. The molecule has 6 rings (SSSR count). The number of hydrogen-bond acceptors (Lipinski definition) is 7. The molecule has 0 unspecified atom stereocenters. The molecule has 1 N–H and O–H groups in total. The molecule has 2 aromatic rings. The van der Waals surface area contributed by atoms with Gasteiger partial charge >= 0.3 is 5.97 Å². The van der Waals surface area contributed by atoms with Crippen molar-refractivity contribution in [1.82, 2.24) is 10.2 Å². The van der Waals surface area contributed by atoms with Crippen molar-refractivity contribution in [2.45, 2.75) is 42.2 Å². The molecule has 2 saturated heterocycles. The highest BCUT2D eigenvalue weighted by Crippen LogP contribution is 2.58. The summed E-state index contributed by atoms with van der Waals surface area (Å²) in [7, 11) is 1.59. The van der Waals surface area contributed by atoms with Gasteiger partial charge in [0.05, 0.1) is 24.9 Å². The topological polar surface area (TPSA) is 94.2 Å². The predicted molar refractivity (Wildman–Crippen MR) is 132 cm³/mol. The van der Waals surface area contributed by atoms with Gasteiger partial charge in [0.25, 0.3) is 5.91 Å². The number of hydrogen-bond donors (Lipinski definition) is 1. The van der Waals surface area contributed by atoms with Gasteiger partial charge in [-0.05, 0) is 35.3 Å². The van der Waals surface area contributed by atoms with E-state index >= 15 is 0 Å². The molecular weight excluding hydrogens is 480 g/mol. The van der Waals surface area contributed by atoms with E-state index in [2.05, 4.69) is 5.32 Å². The van der Waals surface area contributed by atoms with Crippen molar-refractivity contribution in [1.29, 1.82) is 0 Å². The molecule has 186 valence electrons. The average Bonchev–Trinajstić information content (AvgIpc) is 3.32. The number of nitrogens with one attached hydrogen (secondary N) is 1. The third-order valence-electron chi connectivity index (χ3n) is 7.23. The van der Waals surface area contributed by atoms with Crippen LogP contribution in [0.3, 0.4) is 0 Å². The Morgan fingerprint density at radius 3 is 2.64 bits per heavy atom. The maximum absolute atomic E-state index is 13.3. The van der Waals surface area contributed by atoms with Crippen LogP contribution in [0.5, 0.6) is 5.75 Å². The number of ether oxygens (including phenoxy) is 3. The largest absolute Gasteiger partial charge is 0.497 e. The molecule has 5 atom stereocenters. The number of fused-ring (bicyclic) bond motifs is 5. The molecule has 2 aromatic carbocycles. The monoisotopic (exact) mass is 506 g/mol. The first-order valence-electron chi connectivity index (χ1n) is 12.0. The van der Waals surface area contributed by atoms with Crippen molar-refractivity contribution in [3.8, 4) is 5.75 Å². The van der Waals surface area contributed by atoms with E-state index < -0.39 is 12.0 Å². The summed E-state index contributed by atoms with van der Waals surface area (Å²) < 4.78 is 16.8. The molecule has 0 radical (unpaired) electrons. The van der Waals surface area contributed by atoms with E-state index in [0.717, 1.165) is 28.9 Å². The van der Waals surface area contributed by atoms with Crippen LogP contribution in [-0.2, 0) is 36.9 Å². The summed E-state index contributed by atoms with van der Waals surface area (Å²) >= 11 is 1.59. The van der Waals surface area contributed by atoms with Crippen molar-refractivity contribution in [2.24, 2.45) is 5.92 Å². The number of carbonyl (C=O) groups is 3. The fraction of sp³-hybridized carbons (Fsp3) is 0.370. The molecule has 3 aliphatic heterocycles. The van der Waals surface area contributed by atoms with Crippen molar-refractivity contribution >= 4 is 29.5 Å². The minimum Gasteiger partial charge on any atom is -0.497 e.